The maximum Gasteiger partial charge on any atom is 0.260 e. The Hall–Kier alpha value is -2.21. The van der Waals surface area contributed by atoms with E-state index < -0.39 is 0 Å². The summed E-state index contributed by atoms with van der Waals surface area (Å²) in [5, 5.41) is 4.51. The number of aromatic amines is 1. The third-order valence-corrected chi connectivity index (χ3v) is 4.89. The summed E-state index contributed by atoms with van der Waals surface area (Å²) in [5.41, 5.74) is -0.100. The summed E-state index contributed by atoms with van der Waals surface area (Å²) in [5.74, 6) is 0.719. The van der Waals surface area contributed by atoms with E-state index in [4.69, 9.17) is 0 Å². The maximum atomic E-state index is 12.3. The van der Waals surface area contributed by atoms with Gasteiger partial charge in [0.1, 0.15) is 10.7 Å². The summed E-state index contributed by atoms with van der Waals surface area (Å²) < 4.78 is 1.07. The van der Waals surface area contributed by atoms with Gasteiger partial charge >= 0.3 is 0 Å². The van der Waals surface area contributed by atoms with Crippen LogP contribution in [0.3, 0.4) is 0 Å². The van der Waals surface area contributed by atoms with Crippen molar-refractivity contribution in [3.63, 3.8) is 0 Å². The average Bonchev–Trinajstić information content (AvgIpc) is 3.02. The van der Waals surface area contributed by atoms with Gasteiger partial charge in [0.25, 0.3) is 5.56 Å². The molecule has 2 aromatic heterocycles. The van der Waals surface area contributed by atoms with Crippen molar-refractivity contribution in [2.45, 2.75) is 25.3 Å². The van der Waals surface area contributed by atoms with Crippen LogP contribution < -0.4 is 10.9 Å². The Bertz CT molecular complexity index is 912. The van der Waals surface area contributed by atoms with Crippen LogP contribution >= 0.6 is 11.3 Å². The fraction of sp³-hybridized carbons (Fsp3) is 0.267. The van der Waals surface area contributed by atoms with Crippen LogP contribution in [0.5, 0.6) is 0 Å². The van der Waals surface area contributed by atoms with E-state index >= 15 is 0 Å². The second kappa shape index (κ2) is 4.66. The number of nitrogens with one attached hydrogen (secondary N) is 2. The van der Waals surface area contributed by atoms with Crippen molar-refractivity contribution in [1.29, 1.82) is 0 Å². The van der Waals surface area contributed by atoms with Crippen molar-refractivity contribution < 1.29 is 4.79 Å². The first kappa shape index (κ1) is 12.5. The maximum absolute atomic E-state index is 12.3. The molecule has 1 aliphatic rings. The number of benzene rings is 1. The molecule has 21 heavy (non-hydrogen) atoms. The Balaban J connectivity index is 1.80. The molecule has 3 aromatic rings. The molecule has 6 heteroatoms. The lowest BCUT2D eigenvalue weighted by molar-refractivity contribution is -0.119. The fourth-order valence-corrected chi connectivity index (χ4v) is 3.93. The molecule has 106 valence electrons. The number of H-pyrrole nitrogens is 1. The van der Waals surface area contributed by atoms with E-state index in [0.717, 1.165) is 21.3 Å². The lowest BCUT2D eigenvalue weighted by Crippen LogP contribution is -2.28. The van der Waals surface area contributed by atoms with Gasteiger partial charge in [0, 0.05) is 29.0 Å². The molecular formula is C15H13N3O2S. The first-order valence-corrected chi connectivity index (χ1v) is 7.72. The highest BCUT2D eigenvalue weighted by Gasteiger charge is 2.22. The molecule has 0 spiro atoms. The summed E-state index contributed by atoms with van der Waals surface area (Å²) in [4.78, 5) is 31.8. The van der Waals surface area contributed by atoms with Crippen molar-refractivity contribution >= 4 is 37.5 Å². The van der Waals surface area contributed by atoms with Crippen molar-refractivity contribution in [2.75, 3.05) is 0 Å². The average molecular weight is 299 g/mol. The van der Waals surface area contributed by atoms with Gasteiger partial charge in [0.2, 0.25) is 5.91 Å². The van der Waals surface area contributed by atoms with Crippen molar-refractivity contribution in [3.05, 3.63) is 40.4 Å². The molecule has 1 aromatic carbocycles. The predicted molar refractivity (Wildman–Crippen MR) is 82.6 cm³/mol. The molecule has 0 saturated carbocycles. The van der Waals surface area contributed by atoms with Crippen molar-refractivity contribution in [1.82, 2.24) is 15.3 Å². The number of hydrogen-bond donors (Lipinski definition) is 2. The highest BCUT2D eigenvalue weighted by molar-refractivity contribution is 7.25. The first-order valence-electron chi connectivity index (χ1n) is 6.90. The van der Waals surface area contributed by atoms with E-state index in [1.54, 1.807) is 0 Å². The molecule has 1 atom stereocenters. The number of amides is 1. The quantitative estimate of drug-likeness (QED) is 0.759. The largest absolute Gasteiger partial charge is 0.353 e. The third kappa shape index (κ3) is 2.12. The normalized spacial score (nSPS) is 18.5. The number of nitrogens with zero attached hydrogens (tertiary/aromatic N) is 1. The van der Waals surface area contributed by atoms with Crippen LogP contribution in [0.2, 0.25) is 0 Å². The zero-order valence-corrected chi connectivity index (χ0v) is 12.0. The number of carbonyl (C=O) groups excluding carboxylic acids is 1. The van der Waals surface area contributed by atoms with Crippen LogP contribution in [0.1, 0.15) is 18.7 Å². The monoisotopic (exact) mass is 299 g/mol. The van der Waals surface area contributed by atoms with Gasteiger partial charge in [0.05, 0.1) is 5.39 Å². The standard InChI is InChI=1S/C15H13N3O2S/c19-12-6-5-8(16-12)7-11-17-14(20)13-9-3-1-2-4-10(9)21-15(13)18-11/h1-4,8H,5-7H2,(H,16,19)(H,17,18,20). The zero-order valence-electron chi connectivity index (χ0n) is 11.2. The van der Waals surface area contributed by atoms with E-state index in [1.807, 2.05) is 24.3 Å². The number of aromatic nitrogens is 2. The molecular weight excluding hydrogens is 286 g/mol. The number of thiophene rings is 1. The molecule has 0 radical (unpaired) electrons. The molecule has 1 aliphatic heterocycles. The summed E-state index contributed by atoms with van der Waals surface area (Å²) >= 11 is 1.53. The lowest BCUT2D eigenvalue weighted by atomic mass is 10.1. The molecule has 1 unspecified atom stereocenters. The minimum absolute atomic E-state index is 0.0743. The second-order valence-electron chi connectivity index (χ2n) is 5.30. The van der Waals surface area contributed by atoms with E-state index in [2.05, 4.69) is 15.3 Å². The van der Waals surface area contributed by atoms with Crippen LogP contribution in [0.15, 0.2) is 29.1 Å². The van der Waals surface area contributed by atoms with Gasteiger partial charge in [-0.25, -0.2) is 4.98 Å². The first-order chi connectivity index (χ1) is 10.2. The van der Waals surface area contributed by atoms with Gasteiger partial charge in [-0.15, -0.1) is 11.3 Å². The van der Waals surface area contributed by atoms with E-state index in [1.165, 1.54) is 11.3 Å². The summed E-state index contributed by atoms with van der Waals surface area (Å²) in [6, 6.07) is 7.91. The van der Waals surface area contributed by atoms with Gasteiger partial charge in [-0.3, -0.25) is 9.59 Å². The van der Waals surface area contributed by atoms with Crippen LogP contribution in [0.4, 0.5) is 0 Å². The Labute approximate surface area is 124 Å². The predicted octanol–water partition coefficient (Wildman–Crippen LogP) is 1.96. The molecule has 1 fully saturated rings. The van der Waals surface area contributed by atoms with E-state index in [-0.39, 0.29) is 17.5 Å². The molecule has 2 N–H and O–H groups in total. The molecule has 4 rings (SSSR count). The third-order valence-electron chi connectivity index (χ3n) is 3.82. The smallest absolute Gasteiger partial charge is 0.260 e. The van der Waals surface area contributed by atoms with E-state index in [0.29, 0.717) is 24.1 Å². The molecule has 3 heterocycles. The highest BCUT2D eigenvalue weighted by Crippen LogP contribution is 2.30. The van der Waals surface area contributed by atoms with Crippen LogP contribution in [-0.2, 0) is 11.2 Å². The minimum Gasteiger partial charge on any atom is -0.353 e. The van der Waals surface area contributed by atoms with Gasteiger partial charge in [-0.1, -0.05) is 18.2 Å². The second-order valence-corrected chi connectivity index (χ2v) is 6.33. The van der Waals surface area contributed by atoms with Crippen molar-refractivity contribution in [2.24, 2.45) is 0 Å². The van der Waals surface area contributed by atoms with Crippen molar-refractivity contribution in [3.8, 4) is 0 Å². The van der Waals surface area contributed by atoms with Gasteiger partial charge in [-0.05, 0) is 12.5 Å². The van der Waals surface area contributed by atoms with Crippen LogP contribution in [0, 0.1) is 0 Å². The fourth-order valence-electron chi connectivity index (χ4n) is 2.84. The Morgan fingerprint density at radius 1 is 1.29 bits per heavy atom. The summed E-state index contributed by atoms with van der Waals surface area (Å²) in [6.45, 7) is 0. The van der Waals surface area contributed by atoms with Gasteiger partial charge < -0.3 is 10.3 Å². The van der Waals surface area contributed by atoms with Gasteiger partial charge in [-0.2, -0.15) is 0 Å². The zero-order chi connectivity index (χ0) is 14.4. The van der Waals surface area contributed by atoms with Gasteiger partial charge in [0.15, 0.2) is 0 Å². The summed E-state index contributed by atoms with van der Waals surface area (Å²) in [7, 11) is 0. The lowest BCUT2D eigenvalue weighted by Gasteiger charge is -2.08. The SMILES string of the molecule is O=C1CCC(Cc2nc3sc4ccccc4c3c(=O)[nH]2)N1. The molecule has 1 saturated heterocycles. The molecule has 5 nitrogen and oxygen atoms in total. The minimum atomic E-state index is -0.100. The van der Waals surface area contributed by atoms with Crippen LogP contribution in [0.25, 0.3) is 20.3 Å². The Morgan fingerprint density at radius 2 is 2.14 bits per heavy atom. The van der Waals surface area contributed by atoms with Crippen LogP contribution in [-0.4, -0.2) is 21.9 Å². The Kier molecular flexibility index (Phi) is 2.78. The van der Waals surface area contributed by atoms with E-state index in [9.17, 15) is 9.59 Å². The number of fused-ring (bicyclic) bond motifs is 3. The molecule has 1 amide bonds. The number of hydrogen-bond acceptors (Lipinski definition) is 4. The topological polar surface area (TPSA) is 74.8 Å². The summed E-state index contributed by atoms with van der Waals surface area (Å²) in [6.07, 6.45) is 1.93. The Morgan fingerprint density at radius 3 is 2.95 bits per heavy atom. The molecule has 0 aliphatic carbocycles. The molecule has 0 bridgehead atoms. The number of carbonyl (C=O) groups is 1. The number of rotatable bonds is 2. The highest BCUT2D eigenvalue weighted by atomic mass is 32.1.